The molecule has 2 aromatic heterocycles. The van der Waals surface area contributed by atoms with Crippen molar-refractivity contribution in [3.63, 3.8) is 0 Å². The Kier molecular flexibility index (Phi) is 5.36. The summed E-state index contributed by atoms with van der Waals surface area (Å²) in [7, 11) is 0. The molecule has 0 atom stereocenters. The fourth-order valence-electron chi connectivity index (χ4n) is 2.91. The van der Waals surface area contributed by atoms with Gasteiger partial charge in [-0.3, -0.25) is 14.2 Å². The number of para-hydroxylation sites is 1. The zero-order valence-electron chi connectivity index (χ0n) is 15.1. The maximum Gasteiger partial charge on any atom is 0.261 e. The molecule has 0 spiro atoms. The van der Waals surface area contributed by atoms with Crippen LogP contribution in [0.3, 0.4) is 0 Å². The predicted octanol–water partition coefficient (Wildman–Crippen LogP) is 4.77. The topological polar surface area (TPSA) is 76.9 Å². The van der Waals surface area contributed by atoms with Crippen LogP contribution in [0, 0.1) is 6.92 Å². The van der Waals surface area contributed by atoms with E-state index in [1.54, 1.807) is 35.7 Å². The molecule has 0 aliphatic heterocycles. The van der Waals surface area contributed by atoms with Gasteiger partial charge in [-0.15, -0.1) is 11.3 Å². The molecule has 0 radical (unpaired) electrons. The lowest BCUT2D eigenvalue weighted by Crippen LogP contribution is -2.28. The van der Waals surface area contributed by atoms with Crippen molar-refractivity contribution in [3.8, 4) is 11.3 Å². The highest BCUT2D eigenvalue weighted by molar-refractivity contribution is 7.14. The lowest BCUT2D eigenvalue weighted by molar-refractivity contribution is -0.116. The standard InChI is InChI=1S/C20H14Cl2N4O2S/c1-11-3-2-4-13-18(11)23-10-26(19(13)28)8-17(27)25-20-24-16(9-29-20)14-7-12(21)5-6-15(14)22/h2-7,9-10H,8H2,1H3,(H,24,25,27). The number of carbonyl (C=O) groups excluding carboxylic acids is 1. The first kappa shape index (κ1) is 19.6. The highest BCUT2D eigenvalue weighted by Crippen LogP contribution is 2.32. The minimum Gasteiger partial charge on any atom is -0.300 e. The molecule has 1 amide bonds. The van der Waals surface area contributed by atoms with Crippen molar-refractivity contribution >= 4 is 56.5 Å². The number of fused-ring (bicyclic) bond motifs is 1. The highest BCUT2D eigenvalue weighted by atomic mass is 35.5. The van der Waals surface area contributed by atoms with Gasteiger partial charge in [0.05, 0.1) is 27.9 Å². The molecule has 0 saturated carbocycles. The Labute approximate surface area is 179 Å². The number of nitrogens with one attached hydrogen (secondary N) is 1. The van der Waals surface area contributed by atoms with Gasteiger partial charge in [-0.1, -0.05) is 35.3 Å². The van der Waals surface area contributed by atoms with Gasteiger partial charge in [0.1, 0.15) is 6.54 Å². The van der Waals surface area contributed by atoms with Gasteiger partial charge in [0, 0.05) is 16.0 Å². The van der Waals surface area contributed by atoms with E-state index in [0.29, 0.717) is 37.3 Å². The van der Waals surface area contributed by atoms with Crippen LogP contribution in [0.2, 0.25) is 10.0 Å². The van der Waals surface area contributed by atoms with E-state index in [4.69, 9.17) is 23.2 Å². The monoisotopic (exact) mass is 444 g/mol. The minimum absolute atomic E-state index is 0.164. The van der Waals surface area contributed by atoms with Crippen LogP contribution in [0.15, 0.2) is 52.9 Å². The molecule has 4 aromatic rings. The summed E-state index contributed by atoms with van der Waals surface area (Å²) in [5.41, 5.74) is 2.57. The molecular formula is C20H14Cl2N4O2S. The summed E-state index contributed by atoms with van der Waals surface area (Å²) in [5.74, 6) is -0.376. The zero-order valence-corrected chi connectivity index (χ0v) is 17.5. The summed E-state index contributed by atoms with van der Waals surface area (Å²) >= 11 is 13.5. The van der Waals surface area contributed by atoms with Crippen LogP contribution >= 0.6 is 34.5 Å². The molecule has 0 fully saturated rings. The average Bonchev–Trinajstić information content (AvgIpc) is 3.14. The van der Waals surface area contributed by atoms with Gasteiger partial charge < -0.3 is 5.32 Å². The zero-order chi connectivity index (χ0) is 20.5. The van der Waals surface area contributed by atoms with Crippen LogP contribution in [-0.2, 0) is 11.3 Å². The van der Waals surface area contributed by atoms with Gasteiger partial charge >= 0.3 is 0 Å². The van der Waals surface area contributed by atoms with Crippen LogP contribution in [-0.4, -0.2) is 20.4 Å². The third kappa shape index (κ3) is 4.03. The first-order valence-corrected chi connectivity index (χ1v) is 10.2. The molecular weight excluding hydrogens is 431 g/mol. The Balaban J connectivity index is 1.53. The quantitative estimate of drug-likeness (QED) is 0.491. The fourth-order valence-corrected chi connectivity index (χ4v) is 4.03. The van der Waals surface area contributed by atoms with E-state index in [0.717, 1.165) is 5.56 Å². The second kappa shape index (κ2) is 7.94. The highest BCUT2D eigenvalue weighted by Gasteiger charge is 2.13. The van der Waals surface area contributed by atoms with E-state index in [9.17, 15) is 9.59 Å². The molecule has 0 saturated heterocycles. The van der Waals surface area contributed by atoms with E-state index >= 15 is 0 Å². The molecule has 0 aliphatic carbocycles. The molecule has 146 valence electrons. The first-order valence-electron chi connectivity index (χ1n) is 8.58. The largest absolute Gasteiger partial charge is 0.300 e. The number of benzene rings is 2. The number of nitrogens with zero attached hydrogens (tertiary/aromatic N) is 3. The lowest BCUT2D eigenvalue weighted by atomic mass is 10.1. The molecule has 0 aliphatic rings. The molecule has 1 N–H and O–H groups in total. The van der Waals surface area contributed by atoms with E-state index in [-0.39, 0.29) is 18.0 Å². The number of halogens is 2. The van der Waals surface area contributed by atoms with Gasteiger partial charge in [-0.05, 0) is 36.8 Å². The Morgan fingerprint density at radius 3 is 2.90 bits per heavy atom. The lowest BCUT2D eigenvalue weighted by Gasteiger charge is -2.07. The minimum atomic E-state index is -0.376. The number of anilines is 1. The molecule has 4 rings (SSSR count). The van der Waals surface area contributed by atoms with Crippen LogP contribution in [0.4, 0.5) is 5.13 Å². The van der Waals surface area contributed by atoms with E-state index in [1.807, 2.05) is 13.0 Å². The van der Waals surface area contributed by atoms with Crippen LogP contribution in [0.5, 0.6) is 0 Å². The second-order valence-electron chi connectivity index (χ2n) is 6.36. The molecule has 0 bridgehead atoms. The maximum atomic E-state index is 12.6. The van der Waals surface area contributed by atoms with Crippen molar-refractivity contribution in [2.24, 2.45) is 0 Å². The number of rotatable bonds is 4. The molecule has 29 heavy (non-hydrogen) atoms. The van der Waals surface area contributed by atoms with E-state index in [1.165, 1.54) is 22.2 Å². The van der Waals surface area contributed by atoms with Crippen molar-refractivity contribution in [2.75, 3.05) is 5.32 Å². The van der Waals surface area contributed by atoms with Gasteiger partial charge in [0.15, 0.2) is 5.13 Å². The molecule has 9 heteroatoms. The summed E-state index contributed by atoms with van der Waals surface area (Å²) in [4.78, 5) is 33.7. The Bertz CT molecular complexity index is 1300. The van der Waals surface area contributed by atoms with Crippen molar-refractivity contribution < 1.29 is 4.79 Å². The Hall–Kier alpha value is -2.74. The summed E-state index contributed by atoms with van der Waals surface area (Å²) in [5, 5.41) is 6.42. The van der Waals surface area contributed by atoms with Crippen molar-refractivity contribution in [1.82, 2.24) is 14.5 Å². The van der Waals surface area contributed by atoms with E-state index in [2.05, 4.69) is 15.3 Å². The Morgan fingerprint density at radius 1 is 1.24 bits per heavy atom. The number of hydrogen-bond donors (Lipinski definition) is 1. The van der Waals surface area contributed by atoms with Gasteiger partial charge in [0.2, 0.25) is 5.91 Å². The number of aromatic nitrogens is 3. The van der Waals surface area contributed by atoms with Crippen molar-refractivity contribution in [2.45, 2.75) is 13.5 Å². The van der Waals surface area contributed by atoms with Gasteiger partial charge in [-0.2, -0.15) is 0 Å². The van der Waals surface area contributed by atoms with Crippen LogP contribution in [0.25, 0.3) is 22.2 Å². The van der Waals surface area contributed by atoms with Gasteiger partial charge in [-0.25, -0.2) is 9.97 Å². The summed E-state index contributed by atoms with van der Waals surface area (Å²) in [6, 6.07) is 10.5. The van der Waals surface area contributed by atoms with Crippen LogP contribution < -0.4 is 10.9 Å². The molecule has 6 nitrogen and oxygen atoms in total. The van der Waals surface area contributed by atoms with Gasteiger partial charge in [0.25, 0.3) is 5.56 Å². The summed E-state index contributed by atoms with van der Waals surface area (Å²) < 4.78 is 1.28. The number of amides is 1. The molecule has 2 aromatic carbocycles. The normalized spacial score (nSPS) is 11.0. The SMILES string of the molecule is Cc1cccc2c(=O)n(CC(=O)Nc3nc(-c4cc(Cl)ccc4Cl)cs3)cnc12. The average molecular weight is 445 g/mol. The summed E-state index contributed by atoms with van der Waals surface area (Å²) in [6.07, 6.45) is 1.39. The molecule has 2 heterocycles. The third-order valence-corrected chi connectivity index (χ3v) is 5.65. The van der Waals surface area contributed by atoms with Crippen LogP contribution in [0.1, 0.15) is 5.56 Å². The van der Waals surface area contributed by atoms with Crippen molar-refractivity contribution in [3.05, 3.63) is 74.1 Å². The number of thiazole rings is 1. The third-order valence-electron chi connectivity index (χ3n) is 4.32. The van der Waals surface area contributed by atoms with Crippen molar-refractivity contribution in [1.29, 1.82) is 0 Å². The first-order chi connectivity index (χ1) is 13.9. The van der Waals surface area contributed by atoms with E-state index < -0.39 is 0 Å². The maximum absolute atomic E-state index is 12.6. The summed E-state index contributed by atoms with van der Waals surface area (Å²) in [6.45, 7) is 1.72. The smallest absolute Gasteiger partial charge is 0.261 e. The number of aryl methyl sites for hydroxylation is 1. The predicted molar refractivity (Wildman–Crippen MR) is 117 cm³/mol. The molecule has 0 unspecified atom stereocenters. The second-order valence-corrected chi connectivity index (χ2v) is 8.06. The Morgan fingerprint density at radius 2 is 2.07 bits per heavy atom. The fraction of sp³-hybridized carbons (Fsp3) is 0.100. The number of hydrogen-bond acceptors (Lipinski definition) is 5. The number of carbonyl (C=O) groups is 1.